The first-order valence-electron chi connectivity index (χ1n) is 9.56. The summed E-state index contributed by atoms with van der Waals surface area (Å²) in [5, 5.41) is 5.50. The van der Waals surface area contributed by atoms with Gasteiger partial charge in [0.15, 0.2) is 6.20 Å². The molecule has 6 rings (SSSR count). The fourth-order valence-electron chi connectivity index (χ4n) is 4.84. The van der Waals surface area contributed by atoms with Crippen LogP contribution in [0.15, 0.2) is 48.7 Å². The smallest absolute Gasteiger partial charge is 0.225 e. The molecule has 0 atom stereocenters. The second-order valence-corrected chi connectivity index (χ2v) is 9.07. The van der Waals surface area contributed by atoms with Crippen LogP contribution in [0.3, 0.4) is 0 Å². The number of hydrogen-bond acceptors (Lipinski definition) is 1. The number of para-hydroxylation sites is 1. The van der Waals surface area contributed by atoms with Crippen molar-refractivity contribution in [3.8, 4) is 0 Å². The molecule has 0 aliphatic carbocycles. The first kappa shape index (κ1) is 15.4. The van der Waals surface area contributed by atoms with Crippen molar-refractivity contribution in [3.05, 3.63) is 59.1 Å². The van der Waals surface area contributed by atoms with E-state index in [0.29, 0.717) is 5.92 Å². The number of aryl methyl sites for hydroxylation is 2. The minimum atomic E-state index is 0.498. The minimum Gasteiger partial charge on any atom is -0.306 e. The highest BCUT2D eigenvalue weighted by molar-refractivity contribution is 7.20. The van der Waals surface area contributed by atoms with Gasteiger partial charge in [-0.1, -0.05) is 44.2 Å². The summed E-state index contributed by atoms with van der Waals surface area (Å²) < 4.78 is 6.25. The molecule has 0 fully saturated rings. The summed E-state index contributed by atoms with van der Waals surface area (Å²) in [6, 6.07) is 15.7. The van der Waals surface area contributed by atoms with E-state index in [2.05, 4.69) is 85.4 Å². The Morgan fingerprint density at radius 1 is 0.926 bits per heavy atom. The van der Waals surface area contributed by atoms with Crippen LogP contribution >= 0.6 is 11.3 Å². The van der Waals surface area contributed by atoms with Gasteiger partial charge in [0.1, 0.15) is 7.05 Å². The molecule has 0 amide bonds. The van der Waals surface area contributed by atoms with Crippen molar-refractivity contribution in [2.24, 2.45) is 7.05 Å². The molecule has 3 heteroatoms. The summed E-state index contributed by atoms with van der Waals surface area (Å²) in [5.41, 5.74) is 6.80. The Hall–Kier alpha value is -2.65. The van der Waals surface area contributed by atoms with Gasteiger partial charge in [0.25, 0.3) is 0 Å². The quantitative estimate of drug-likeness (QED) is 0.237. The molecule has 0 bridgehead atoms. The number of fused-ring (bicyclic) bond motifs is 5. The molecule has 0 N–H and O–H groups in total. The van der Waals surface area contributed by atoms with Crippen LogP contribution in [0.1, 0.15) is 30.2 Å². The third-order valence-electron chi connectivity index (χ3n) is 6.01. The van der Waals surface area contributed by atoms with Gasteiger partial charge in [0.05, 0.1) is 27.3 Å². The first-order chi connectivity index (χ1) is 13.1. The predicted molar refractivity (Wildman–Crippen MR) is 116 cm³/mol. The maximum atomic E-state index is 2.55. The Labute approximate surface area is 161 Å². The summed E-state index contributed by atoms with van der Waals surface area (Å²) in [5.74, 6) is 0.498. The number of nitrogens with zero attached hydrogens (tertiary/aromatic N) is 2. The van der Waals surface area contributed by atoms with Crippen LogP contribution in [0, 0.1) is 6.92 Å². The number of pyridine rings is 2. The Bertz CT molecular complexity index is 1510. The standard InChI is InChI=1S/C24H21N2S/c1-13(2)24-23-20-18(27-24)11-12-25(4)22(20)19-14(3)9-10-16-15-7-5-6-8-17(15)26(23)21(16)19/h5-13H,1-4H3/q+1. The monoisotopic (exact) mass is 369 g/mol. The molecule has 0 aliphatic rings. The van der Waals surface area contributed by atoms with Gasteiger partial charge in [-0.25, -0.2) is 4.57 Å². The predicted octanol–water partition coefficient (Wildman–Crippen LogP) is 6.31. The largest absolute Gasteiger partial charge is 0.306 e. The van der Waals surface area contributed by atoms with Gasteiger partial charge in [-0.15, -0.1) is 11.3 Å². The number of rotatable bonds is 1. The van der Waals surface area contributed by atoms with E-state index in [1.54, 1.807) is 0 Å². The zero-order chi connectivity index (χ0) is 18.4. The summed E-state index contributed by atoms with van der Waals surface area (Å²) in [7, 11) is 2.18. The van der Waals surface area contributed by atoms with E-state index in [4.69, 9.17) is 0 Å². The molecule has 0 radical (unpaired) electrons. The van der Waals surface area contributed by atoms with Crippen LogP contribution < -0.4 is 4.57 Å². The zero-order valence-corrected chi connectivity index (χ0v) is 16.8. The van der Waals surface area contributed by atoms with E-state index in [1.165, 1.54) is 58.8 Å². The molecule has 6 aromatic rings. The molecule has 132 valence electrons. The van der Waals surface area contributed by atoms with Gasteiger partial charge in [0, 0.05) is 26.4 Å². The lowest BCUT2D eigenvalue weighted by molar-refractivity contribution is -0.643. The van der Waals surface area contributed by atoms with E-state index in [0.717, 1.165) is 0 Å². The third-order valence-corrected chi connectivity index (χ3v) is 7.45. The highest BCUT2D eigenvalue weighted by Gasteiger charge is 2.27. The highest BCUT2D eigenvalue weighted by atomic mass is 32.1. The van der Waals surface area contributed by atoms with E-state index in [1.807, 2.05) is 11.3 Å². The average Bonchev–Trinajstić information content (AvgIpc) is 3.20. The molecule has 4 heterocycles. The van der Waals surface area contributed by atoms with Gasteiger partial charge in [-0.2, -0.15) is 0 Å². The lowest BCUT2D eigenvalue weighted by Gasteiger charge is -2.11. The molecule has 0 spiro atoms. The van der Waals surface area contributed by atoms with E-state index < -0.39 is 0 Å². The van der Waals surface area contributed by atoms with Gasteiger partial charge < -0.3 is 4.40 Å². The number of aromatic nitrogens is 2. The molecule has 0 saturated heterocycles. The molecular formula is C24H21N2S+. The lowest BCUT2D eigenvalue weighted by Crippen LogP contribution is -2.28. The van der Waals surface area contributed by atoms with Crippen molar-refractivity contribution >= 4 is 59.6 Å². The normalized spacial score (nSPS) is 12.8. The molecule has 0 saturated carbocycles. The average molecular weight is 370 g/mol. The van der Waals surface area contributed by atoms with Gasteiger partial charge >= 0.3 is 0 Å². The topological polar surface area (TPSA) is 8.29 Å². The molecule has 27 heavy (non-hydrogen) atoms. The fourth-order valence-corrected chi connectivity index (χ4v) is 6.03. The number of thiophene rings is 1. The summed E-state index contributed by atoms with van der Waals surface area (Å²) >= 11 is 1.96. The molecule has 0 aliphatic heterocycles. The van der Waals surface area contributed by atoms with Crippen LogP contribution in [0.5, 0.6) is 0 Å². The Morgan fingerprint density at radius 3 is 2.56 bits per heavy atom. The maximum Gasteiger partial charge on any atom is 0.225 e. The maximum absolute atomic E-state index is 2.55. The van der Waals surface area contributed by atoms with Crippen molar-refractivity contribution < 1.29 is 4.57 Å². The second-order valence-electron chi connectivity index (χ2n) is 7.99. The molecular weight excluding hydrogens is 348 g/mol. The van der Waals surface area contributed by atoms with Crippen molar-refractivity contribution in [1.82, 2.24) is 4.40 Å². The van der Waals surface area contributed by atoms with Gasteiger partial charge in [-0.3, -0.25) is 0 Å². The minimum absolute atomic E-state index is 0.498. The van der Waals surface area contributed by atoms with E-state index >= 15 is 0 Å². The fraction of sp³-hybridized carbons (Fsp3) is 0.208. The van der Waals surface area contributed by atoms with Gasteiger partial charge in [-0.05, 0) is 24.5 Å². The molecule has 4 aromatic heterocycles. The Kier molecular flexibility index (Phi) is 2.85. The number of benzene rings is 2. The van der Waals surface area contributed by atoms with Crippen molar-refractivity contribution in [3.63, 3.8) is 0 Å². The summed E-state index contributed by atoms with van der Waals surface area (Å²) in [6.07, 6.45) is 2.22. The van der Waals surface area contributed by atoms with Crippen LogP contribution in [-0.2, 0) is 7.05 Å². The van der Waals surface area contributed by atoms with Crippen molar-refractivity contribution in [1.29, 1.82) is 0 Å². The van der Waals surface area contributed by atoms with Crippen LogP contribution in [0.2, 0.25) is 0 Å². The van der Waals surface area contributed by atoms with Crippen LogP contribution in [-0.4, -0.2) is 4.40 Å². The first-order valence-corrected chi connectivity index (χ1v) is 10.4. The second kappa shape index (κ2) is 4.99. The lowest BCUT2D eigenvalue weighted by atomic mass is 10.0. The van der Waals surface area contributed by atoms with Crippen molar-refractivity contribution in [2.45, 2.75) is 26.7 Å². The molecule has 2 nitrogen and oxygen atoms in total. The van der Waals surface area contributed by atoms with Crippen LogP contribution in [0.25, 0.3) is 48.3 Å². The highest BCUT2D eigenvalue weighted by Crippen LogP contribution is 2.45. The molecule has 0 unspecified atom stereocenters. The third kappa shape index (κ3) is 1.73. The zero-order valence-electron chi connectivity index (χ0n) is 16.0. The van der Waals surface area contributed by atoms with E-state index in [-0.39, 0.29) is 0 Å². The van der Waals surface area contributed by atoms with E-state index in [9.17, 15) is 0 Å². The Morgan fingerprint density at radius 2 is 1.74 bits per heavy atom. The Balaban J connectivity index is 2.14. The SMILES string of the molecule is Cc1ccc2c3ccccc3n3c4c(C(C)C)sc5cc[n+](C)c(c1c23)c54. The number of hydrogen-bond donors (Lipinski definition) is 0. The summed E-state index contributed by atoms with van der Waals surface area (Å²) in [4.78, 5) is 1.48. The van der Waals surface area contributed by atoms with Crippen LogP contribution in [0.4, 0.5) is 0 Å². The molecule has 2 aromatic carbocycles. The summed E-state index contributed by atoms with van der Waals surface area (Å²) in [6.45, 7) is 6.88. The van der Waals surface area contributed by atoms with Gasteiger partial charge in [0.2, 0.25) is 5.52 Å². The van der Waals surface area contributed by atoms with Crippen molar-refractivity contribution in [2.75, 3.05) is 0 Å².